The fourth-order valence-electron chi connectivity index (χ4n) is 10.0. The second kappa shape index (κ2) is 16.1. The van der Waals surface area contributed by atoms with E-state index < -0.39 is 0 Å². The topological polar surface area (TPSA) is 59.0 Å². The average Bonchev–Trinajstić information content (AvgIpc) is 4.23. The summed E-state index contributed by atoms with van der Waals surface area (Å²) in [6.07, 6.45) is 0. The van der Waals surface area contributed by atoms with E-state index in [1.54, 1.807) is 0 Å². The van der Waals surface area contributed by atoms with Crippen LogP contribution in [0.4, 0.5) is 34.1 Å². The van der Waals surface area contributed by atoms with E-state index in [9.17, 15) is 0 Å². The lowest BCUT2D eigenvalue weighted by Crippen LogP contribution is -2.10. The highest BCUT2D eigenvalue weighted by molar-refractivity contribution is 6.08. The maximum Gasteiger partial charge on any atom is 0.135 e. The lowest BCUT2D eigenvalue weighted by Gasteiger charge is -2.26. The van der Waals surface area contributed by atoms with Crippen LogP contribution in [0.15, 0.2) is 260 Å². The molecule has 70 heavy (non-hydrogen) atoms. The van der Waals surface area contributed by atoms with Gasteiger partial charge in [-0.1, -0.05) is 97.1 Å². The van der Waals surface area contributed by atoms with Gasteiger partial charge < -0.3 is 27.5 Å². The van der Waals surface area contributed by atoms with Crippen LogP contribution in [0.5, 0.6) is 0 Å². The van der Waals surface area contributed by atoms with E-state index >= 15 is 0 Å². The van der Waals surface area contributed by atoms with Gasteiger partial charge in [-0.25, -0.2) is 0 Å². The third-order valence-electron chi connectivity index (χ3n) is 13.5. The van der Waals surface area contributed by atoms with Crippen LogP contribution in [-0.2, 0) is 0 Å². The van der Waals surface area contributed by atoms with Crippen LogP contribution < -0.4 is 9.80 Å². The summed E-state index contributed by atoms with van der Waals surface area (Å²) in [7, 11) is 0. The molecule has 0 amide bonds. The monoisotopic (exact) mass is 900 g/mol. The largest absolute Gasteiger partial charge is 0.456 e. The molecule has 0 bridgehead atoms. The minimum absolute atomic E-state index is 0.841. The molecule has 0 unspecified atom stereocenters. The summed E-state index contributed by atoms with van der Waals surface area (Å²) in [6.45, 7) is 0. The average molecular weight is 901 g/mol. The van der Waals surface area contributed by atoms with Gasteiger partial charge in [0.05, 0.1) is 0 Å². The zero-order valence-corrected chi connectivity index (χ0v) is 37.6. The van der Waals surface area contributed by atoms with Crippen molar-refractivity contribution in [3.63, 3.8) is 0 Å². The fraction of sp³-hybridized carbons (Fsp3) is 0. The fourth-order valence-corrected chi connectivity index (χ4v) is 10.0. The van der Waals surface area contributed by atoms with Gasteiger partial charge in [0.1, 0.15) is 45.0 Å². The molecule has 0 atom stereocenters. The molecule has 0 aliphatic rings. The Kier molecular flexibility index (Phi) is 9.10. The van der Waals surface area contributed by atoms with Gasteiger partial charge in [0.25, 0.3) is 0 Å². The number of benzene rings is 10. The van der Waals surface area contributed by atoms with Crippen LogP contribution in [0.25, 0.3) is 99.6 Å². The molecule has 14 rings (SSSR count). The van der Waals surface area contributed by atoms with Crippen LogP contribution in [-0.4, -0.2) is 0 Å². The molecule has 0 saturated heterocycles. The molecule has 0 aliphatic carbocycles. The molecular formula is C64H40N2O4. The Balaban J connectivity index is 0.817. The summed E-state index contributed by atoms with van der Waals surface area (Å²) >= 11 is 0. The van der Waals surface area contributed by atoms with Crippen molar-refractivity contribution in [2.75, 3.05) is 9.80 Å². The Bertz CT molecular complexity index is 3890. The molecule has 4 heterocycles. The van der Waals surface area contributed by atoms with Crippen molar-refractivity contribution in [3.05, 3.63) is 243 Å². The maximum atomic E-state index is 6.25. The third kappa shape index (κ3) is 6.81. The Morgan fingerprint density at radius 2 is 0.529 bits per heavy atom. The van der Waals surface area contributed by atoms with Crippen molar-refractivity contribution >= 4 is 99.9 Å². The van der Waals surface area contributed by atoms with Crippen LogP contribution in [0.3, 0.4) is 0 Å². The van der Waals surface area contributed by atoms with E-state index in [2.05, 4.69) is 192 Å². The van der Waals surface area contributed by atoms with Gasteiger partial charge in [-0.3, -0.25) is 0 Å². The molecule has 0 N–H and O–H groups in total. The predicted octanol–water partition coefficient (Wildman–Crippen LogP) is 18.9. The van der Waals surface area contributed by atoms with E-state index in [4.69, 9.17) is 17.7 Å². The smallest absolute Gasteiger partial charge is 0.135 e. The van der Waals surface area contributed by atoms with Gasteiger partial charge in [-0.2, -0.15) is 0 Å². The van der Waals surface area contributed by atoms with Gasteiger partial charge in [-0.15, -0.1) is 0 Å². The van der Waals surface area contributed by atoms with Crippen molar-refractivity contribution < 1.29 is 17.7 Å². The van der Waals surface area contributed by atoms with E-state index in [1.807, 2.05) is 60.7 Å². The molecule has 0 aliphatic heterocycles. The number of furan rings is 4. The summed E-state index contributed by atoms with van der Waals surface area (Å²) < 4.78 is 25.0. The Morgan fingerprint density at radius 1 is 0.214 bits per heavy atom. The molecule has 0 saturated carbocycles. The lowest BCUT2D eigenvalue weighted by atomic mass is 10.0. The van der Waals surface area contributed by atoms with Crippen molar-refractivity contribution in [2.24, 2.45) is 0 Å². The zero-order chi connectivity index (χ0) is 46.1. The predicted molar refractivity (Wildman–Crippen MR) is 286 cm³/mol. The highest BCUT2D eigenvalue weighted by Crippen LogP contribution is 2.43. The quantitative estimate of drug-likeness (QED) is 0.144. The van der Waals surface area contributed by atoms with E-state index in [0.29, 0.717) is 0 Å². The standard InChI is InChI=1S/C64H40N2O4/c1-5-13-57-45(9-1)37-63(67-57)43-21-29-49(30-22-43)65(51-33-35-61-55(39-51)53-11-3-7-15-59(53)69-61)47-25-17-41(18-26-47)42-19-27-48(28-20-42)66(52-34-36-62-56(40-52)54-12-4-8-16-60(54)70-62)50-31-23-44(24-32-50)64-38-46-10-2-6-14-58(46)68-64/h1-40H. The van der Waals surface area contributed by atoms with E-state index in [1.165, 1.54) is 0 Å². The zero-order valence-electron chi connectivity index (χ0n) is 37.6. The van der Waals surface area contributed by atoms with Gasteiger partial charge in [0, 0.05) is 77.6 Å². The number of hydrogen-bond donors (Lipinski definition) is 0. The summed E-state index contributed by atoms with van der Waals surface area (Å²) in [5, 5.41) is 6.50. The summed E-state index contributed by atoms with van der Waals surface area (Å²) in [5.74, 6) is 1.68. The number of para-hydroxylation sites is 4. The van der Waals surface area contributed by atoms with Crippen molar-refractivity contribution in [1.29, 1.82) is 0 Å². The van der Waals surface area contributed by atoms with Gasteiger partial charge >= 0.3 is 0 Å². The van der Waals surface area contributed by atoms with Gasteiger partial charge in [0.2, 0.25) is 0 Å². The summed E-state index contributed by atoms with van der Waals surface area (Å²) in [4.78, 5) is 4.60. The SMILES string of the molecule is c1ccc2oc(-c3ccc(N(c4ccc(-c5ccc(N(c6ccc(-c7cc8ccccc8o7)cc6)c6ccc7oc8ccccc8c7c6)cc5)cc4)c4ccc5oc6ccccc6c5c4)cc3)cc2c1. The molecule has 0 spiro atoms. The number of rotatable bonds is 9. The van der Waals surface area contributed by atoms with E-state index in [-0.39, 0.29) is 0 Å². The maximum absolute atomic E-state index is 6.25. The molecular weight excluding hydrogens is 861 g/mol. The number of nitrogens with zero attached hydrogens (tertiary/aromatic N) is 2. The molecule has 6 nitrogen and oxygen atoms in total. The third-order valence-corrected chi connectivity index (χ3v) is 13.5. The Hall–Kier alpha value is -9.52. The second-order valence-corrected chi connectivity index (χ2v) is 17.7. The Labute approximate surface area is 402 Å². The van der Waals surface area contributed by atoms with Crippen molar-refractivity contribution in [3.8, 4) is 33.8 Å². The first-order valence-corrected chi connectivity index (χ1v) is 23.5. The minimum atomic E-state index is 0.841. The molecule has 4 aromatic heterocycles. The first-order valence-electron chi connectivity index (χ1n) is 23.5. The Morgan fingerprint density at radius 3 is 0.914 bits per heavy atom. The summed E-state index contributed by atoms with van der Waals surface area (Å²) in [5.41, 5.74) is 15.6. The highest BCUT2D eigenvalue weighted by atomic mass is 16.3. The van der Waals surface area contributed by atoms with Crippen LogP contribution in [0.2, 0.25) is 0 Å². The van der Waals surface area contributed by atoms with Crippen molar-refractivity contribution in [1.82, 2.24) is 0 Å². The first kappa shape index (κ1) is 39.6. The first-order chi connectivity index (χ1) is 34.6. The molecule has 10 aromatic carbocycles. The molecule has 14 aromatic rings. The number of hydrogen-bond acceptors (Lipinski definition) is 6. The normalized spacial score (nSPS) is 11.7. The van der Waals surface area contributed by atoms with Gasteiger partial charge in [0.15, 0.2) is 0 Å². The second-order valence-electron chi connectivity index (χ2n) is 17.7. The molecule has 0 radical (unpaired) electrons. The summed E-state index contributed by atoms with van der Waals surface area (Å²) in [6, 6.07) is 84.6. The van der Waals surface area contributed by atoms with Gasteiger partial charge in [-0.05, 0) is 157 Å². The van der Waals surface area contributed by atoms with E-state index in [0.717, 1.165) is 134 Å². The molecule has 6 heteroatoms. The molecule has 330 valence electrons. The van der Waals surface area contributed by atoms with Crippen LogP contribution in [0.1, 0.15) is 0 Å². The van der Waals surface area contributed by atoms with Crippen LogP contribution in [0, 0.1) is 0 Å². The number of fused-ring (bicyclic) bond motifs is 8. The minimum Gasteiger partial charge on any atom is -0.456 e. The van der Waals surface area contributed by atoms with Crippen LogP contribution >= 0.6 is 0 Å². The molecule has 0 fully saturated rings. The number of anilines is 6. The lowest BCUT2D eigenvalue weighted by molar-refractivity contribution is 0.631. The highest BCUT2D eigenvalue weighted by Gasteiger charge is 2.19. The van der Waals surface area contributed by atoms with Crippen molar-refractivity contribution in [2.45, 2.75) is 0 Å².